The highest BCUT2D eigenvalue weighted by atomic mass is 16.7. The van der Waals surface area contributed by atoms with Gasteiger partial charge in [0.05, 0.1) is 98.5 Å². The van der Waals surface area contributed by atoms with Gasteiger partial charge in [0.15, 0.2) is 0 Å². The zero-order valence-electron chi connectivity index (χ0n) is 55.1. The van der Waals surface area contributed by atoms with E-state index in [0.29, 0.717) is 61.6 Å². The number of hydrogen-bond acceptors (Lipinski definition) is 18. The molecule has 0 spiro atoms. The first-order chi connectivity index (χ1) is 44.7. The van der Waals surface area contributed by atoms with E-state index < -0.39 is 24.2 Å². The van der Waals surface area contributed by atoms with Gasteiger partial charge in [-0.3, -0.25) is 0 Å². The van der Waals surface area contributed by atoms with Crippen molar-refractivity contribution in [1.82, 2.24) is 0 Å². The maximum absolute atomic E-state index is 12.3. The molecule has 6 aromatic rings. The second kappa shape index (κ2) is 30.0. The zero-order chi connectivity index (χ0) is 65.4. The zero-order valence-corrected chi connectivity index (χ0v) is 55.1. The third-order valence-corrected chi connectivity index (χ3v) is 17.6. The molecule has 0 radical (unpaired) electrons. The lowest BCUT2D eigenvalue weighted by atomic mass is 9.82. The van der Waals surface area contributed by atoms with Crippen LogP contribution in [0.3, 0.4) is 0 Å². The standard InChI is InChI=1S/C25H30N2O4.C18H18O9.C18H28O3.C14H14/c1-5-20(26(10-22-14-28-22)11-23-15-29-23)6-2-18(1)9-19-3-7-21(8-4-19)27(12-24-16-30-24)13-25-17-31-25;19-16(25-7-13-4-22-13)10-1-11(17(20)26-8-14-5-23-14)3-12(2-10)18(21)27-9-15-6-24-15;1-8-18(6,7)15-11-9-14(10-12-15)16(19)20-13(2)21-17(3,4)5;1-9-10(2)13-8-4-6-11-5-3-7-12(9)14(11)13/h1-8,22-25H,9-17H2;1-3,13-15H,4-9H2;9-13H,8H2,1-7H3;3-10H,1-2H3. The molecule has 8 aliphatic rings. The number of carbonyl (C=O) groups excluding carboxylic acids is 4. The lowest BCUT2D eigenvalue weighted by Gasteiger charge is -2.25. The summed E-state index contributed by atoms with van der Waals surface area (Å²) in [6.07, 6.45) is 2.68. The lowest BCUT2D eigenvalue weighted by Crippen LogP contribution is -2.31. The Morgan fingerprint density at radius 3 is 1.15 bits per heavy atom. The molecular formula is C75H90N2O16. The van der Waals surface area contributed by atoms with E-state index in [0.717, 1.165) is 65.4 Å². The molecule has 0 bridgehead atoms. The van der Waals surface area contributed by atoms with Gasteiger partial charge in [0.1, 0.15) is 38.1 Å². The molecule has 7 aliphatic heterocycles. The smallest absolute Gasteiger partial charge is 0.340 e. The van der Waals surface area contributed by atoms with Crippen LogP contribution in [0.4, 0.5) is 11.4 Å². The highest BCUT2D eigenvalue weighted by Gasteiger charge is 2.34. The Bertz CT molecular complexity index is 3250. The number of carbonyl (C=O) groups is 4. The normalized spacial score (nSPS) is 23.2. The van der Waals surface area contributed by atoms with Gasteiger partial charge in [-0.25, -0.2) is 19.2 Å². The monoisotopic (exact) mass is 1270 g/mol. The molecular weight excluding hydrogens is 1180 g/mol. The van der Waals surface area contributed by atoms with Gasteiger partial charge in [-0.05, 0) is 151 Å². The first-order valence-corrected chi connectivity index (χ1v) is 32.9. The largest absolute Gasteiger partial charge is 0.459 e. The molecule has 18 heteroatoms. The van der Waals surface area contributed by atoms with Gasteiger partial charge in [-0.1, -0.05) is 107 Å². The topological polar surface area (TPSA) is 209 Å². The average molecular weight is 1280 g/mol. The van der Waals surface area contributed by atoms with Gasteiger partial charge in [0.2, 0.25) is 6.29 Å². The maximum Gasteiger partial charge on any atom is 0.340 e. The molecule has 0 amide bonds. The average Bonchev–Trinajstić information content (AvgIpc) is 1.62. The van der Waals surface area contributed by atoms with Crippen LogP contribution in [0.5, 0.6) is 0 Å². The molecule has 6 aromatic carbocycles. The Labute approximate surface area is 546 Å². The molecule has 18 nitrogen and oxygen atoms in total. The highest BCUT2D eigenvalue weighted by Crippen LogP contribution is 2.46. The molecule has 7 saturated heterocycles. The van der Waals surface area contributed by atoms with Gasteiger partial charge in [-0.15, -0.1) is 0 Å². The van der Waals surface area contributed by atoms with E-state index in [4.69, 9.17) is 56.8 Å². The Morgan fingerprint density at radius 1 is 0.473 bits per heavy atom. The van der Waals surface area contributed by atoms with Crippen molar-refractivity contribution >= 4 is 46.0 Å². The van der Waals surface area contributed by atoms with Gasteiger partial charge >= 0.3 is 23.9 Å². The fourth-order valence-electron chi connectivity index (χ4n) is 11.1. The van der Waals surface area contributed by atoms with Crippen LogP contribution < -0.4 is 9.80 Å². The van der Waals surface area contributed by atoms with E-state index in [-0.39, 0.29) is 71.8 Å². The predicted molar refractivity (Wildman–Crippen MR) is 352 cm³/mol. The van der Waals surface area contributed by atoms with Gasteiger partial charge in [0, 0.05) is 37.6 Å². The van der Waals surface area contributed by atoms with Gasteiger partial charge in [-0.2, -0.15) is 0 Å². The Hall–Kier alpha value is -7.26. The molecule has 14 rings (SSSR count). The molecule has 0 saturated carbocycles. The number of ether oxygens (including phenoxy) is 12. The second-order valence-electron chi connectivity index (χ2n) is 27.0. The second-order valence-corrected chi connectivity index (χ2v) is 27.0. The highest BCUT2D eigenvalue weighted by molar-refractivity contribution is 6.00. The van der Waals surface area contributed by atoms with Crippen molar-refractivity contribution < 1.29 is 76.0 Å². The van der Waals surface area contributed by atoms with Crippen LogP contribution in [0.2, 0.25) is 0 Å². The van der Waals surface area contributed by atoms with Crippen LogP contribution >= 0.6 is 0 Å². The van der Waals surface area contributed by atoms with Crippen molar-refractivity contribution in [2.24, 2.45) is 0 Å². The summed E-state index contributed by atoms with van der Waals surface area (Å²) in [5.74, 6) is -0.986. The van der Waals surface area contributed by atoms with Crippen LogP contribution in [0.1, 0.15) is 150 Å². The third-order valence-electron chi connectivity index (χ3n) is 17.6. The molecule has 7 fully saturated rings. The minimum absolute atomic E-state index is 0.0578. The van der Waals surface area contributed by atoms with Gasteiger partial charge < -0.3 is 66.6 Å². The SMILES string of the molecule is CC1c2cccc3cccc(c23)C1C.CCC(C)(C)c1ccc(C(=O)OC(C)OC(C)(C)C)cc1.O=C(OCC1CO1)c1cc(C(=O)OCC2CO2)cc(C(=O)OCC2CO2)c1.c1cc(N(CC2CO2)CC2CO2)ccc1Cc1ccc(N(CC2CO2)CC2CO2)cc1. The minimum atomic E-state index is -0.662. The number of anilines is 2. The number of nitrogens with zero attached hydrogens (tertiary/aromatic N) is 2. The van der Waals surface area contributed by atoms with Crippen LogP contribution in [-0.2, 0) is 68.7 Å². The fourth-order valence-corrected chi connectivity index (χ4v) is 11.1. The van der Waals surface area contributed by atoms with E-state index in [2.05, 4.69) is 129 Å². The van der Waals surface area contributed by atoms with Crippen LogP contribution in [0.15, 0.2) is 127 Å². The number of rotatable bonds is 26. The maximum atomic E-state index is 12.3. The molecule has 496 valence electrons. The van der Waals surface area contributed by atoms with Crippen LogP contribution in [0, 0.1) is 0 Å². The van der Waals surface area contributed by atoms with Crippen molar-refractivity contribution in [2.75, 3.05) is 102 Å². The Kier molecular flexibility index (Phi) is 21.7. The van der Waals surface area contributed by atoms with Crippen molar-refractivity contribution in [3.63, 3.8) is 0 Å². The van der Waals surface area contributed by atoms with Crippen molar-refractivity contribution in [2.45, 2.75) is 147 Å². The summed E-state index contributed by atoms with van der Waals surface area (Å²) in [5, 5.41) is 2.91. The molecule has 10 atom stereocenters. The summed E-state index contributed by atoms with van der Waals surface area (Å²) in [6.45, 7) is 28.1. The summed E-state index contributed by atoms with van der Waals surface area (Å²) in [4.78, 5) is 53.6. The minimum Gasteiger partial charge on any atom is -0.459 e. The van der Waals surface area contributed by atoms with Crippen molar-refractivity contribution in [1.29, 1.82) is 0 Å². The van der Waals surface area contributed by atoms with E-state index in [1.807, 2.05) is 45.0 Å². The van der Waals surface area contributed by atoms with E-state index in [1.54, 1.807) is 6.92 Å². The lowest BCUT2D eigenvalue weighted by molar-refractivity contribution is -0.158. The number of esters is 4. The summed E-state index contributed by atoms with van der Waals surface area (Å²) < 4.78 is 63.0. The number of benzene rings is 6. The third kappa shape index (κ3) is 20.4. The molecule has 93 heavy (non-hydrogen) atoms. The molecule has 1 aliphatic carbocycles. The summed E-state index contributed by atoms with van der Waals surface area (Å²) in [5.41, 5.74) is 9.96. The quantitative estimate of drug-likeness (QED) is 0.0214. The van der Waals surface area contributed by atoms with E-state index in [1.165, 1.54) is 68.2 Å². The Morgan fingerprint density at radius 2 is 0.828 bits per heavy atom. The van der Waals surface area contributed by atoms with Crippen molar-refractivity contribution in [3.8, 4) is 0 Å². The molecule has 7 heterocycles. The molecule has 0 N–H and O–H groups in total. The molecule has 0 aromatic heterocycles. The fraction of sp³-hybridized carbons (Fsp3) is 0.493. The van der Waals surface area contributed by atoms with Crippen LogP contribution in [0.25, 0.3) is 10.8 Å². The number of epoxide rings is 7. The predicted octanol–water partition coefficient (Wildman–Crippen LogP) is 11.6. The number of hydrogen-bond donors (Lipinski definition) is 0. The van der Waals surface area contributed by atoms with E-state index >= 15 is 0 Å². The summed E-state index contributed by atoms with van der Waals surface area (Å²) in [6, 6.07) is 42.9. The summed E-state index contributed by atoms with van der Waals surface area (Å²) in [7, 11) is 0. The van der Waals surface area contributed by atoms with Crippen LogP contribution in [-0.4, -0.2) is 171 Å². The first kappa shape index (κ1) is 67.2. The summed E-state index contributed by atoms with van der Waals surface area (Å²) >= 11 is 0. The van der Waals surface area contributed by atoms with E-state index in [9.17, 15) is 19.2 Å². The first-order valence-electron chi connectivity index (χ1n) is 32.9. The van der Waals surface area contributed by atoms with Gasteiger partial charge in [0.25, 0.3) is 0 Å². The van der Waals surface area contributed by atoms with Crippen molar-refractivity contribution in [3.05, 3.63) is 177 Å². The Balaban J connectivity index is 0.000000131. The molecule has 10 unspecified atom stereocenters.